The Balaban J connectivity index is 1.58. The van der Waals surface area contributed by atoms with E-state index in [1.165, 1.54) is 16.6 Å². The minimum Gasteiger partial charge on any atom is -0.373 e. The molecule has 1 aliphatic carbocycles. The van der Waals surface area contributed by atoms with Crippen LogP contribution in [-0.2, 0) is 6.42 Å². The Labute approximate surface area is 189 Å². The number of nitrogens with zero attached hydrogens (tertiary/aromatic N) is 1. The highest BCUT2D eigenvalue weighted by Crippen LogP contribution is 2.31. The standard InChI is InChI=1S/C27H32N2O3/c1-18(2)17-19-11-13-20(14-12-19)25(30)28-24-10-6-9-23-22(24)15-16-29(27(23)32)26(31)21-7-4-3-5-8-21/h6,9-16,18,21,26,31H,3-5,7-8,17H2,1-2H3,(H,28,30). The van der Waals surface area contributed by atoms with Crippen LogP contribution in [0.15, 0.2) is 59.5 Å². The van der Waals surface area contributed by atoms with Crippen molar-refractivity contribution in [1.29, 1.82) is 0 Å². The Hall–Kier alpha value is -2.92. The summed E-state index contributed by atoms with van der Waals surface area (Å²) in [4.78, 5) is 26.0. The number of anilines is 1. The second-order valence-electron chi connectivity index (χ2n) is 9.36. The molecule has 0 saturated heterocycles. The van der Waals surface area contributed by atoms with Gasteiger partial charge in [-0.1, -0.05) is 51.3 Å². The van der Waals surface area contributed by atoms with Gasteiger partial charge in [0.25, 0.3) is 11.5 Å². The number of carbonyl (C=O) groups excluding carboxylic acids is 1. The Bertz CT molecular complexity index is 1140. The smallest absolute Gasteiger partial charge is 0.260 e. The van der Waals surface area contributed by atoms with Crippen molar-refractivity contribution < 1.29 is 9.90 Å². The molecule has 2 N–H and O–H groups in total. The van der Waals surface area contributed by atoms with E-state index >= 15 is 0 Å². The third-order valence-electron chi connectivity index (χ3n) is 6.44. The van der Waals surface area contributed by atoms with Gasteiger partial charge in [-0.2, -0.15) is 0 Å². The first kappa shape index (κ1) is 22.3. The number of nitrogens with one attached hydrogen (secondary N) is 1. The molecule has 1 saturated carbocycles. The number of hydrogen-bond donors (Lipinski definition) is 2. The minimum atomic E-state index is -0.810. The summed E-state index contributed by atoms with van der Waals surface area (Å²) in [5, 5.41) is 14.9. The Kier molecular flexibility index (Phi) is 6.75. The number of aromatic nitrogens is 1. The molecule has 1 aliphatic rings. The number of rotatable bonds is 6. The maximum absolute atomic E-state index is 13.1. The number of fused-ring (bicyclic) bond motifs is 1. The van der Waals surface area contributed by atoms with Crippen LogP contribution in [0.3, 0.4) is 0 Å². The number of carbonyl (C=O) groups is 1. The molecule has 1 heterocycles. The van der Waals surface area contributed by atoms with Crippen molar-refractivity contribution in [2.75, 3.05) is 5.32 Å². The normalized spacial score (nSPS) is 15.8. The number of amides is 1. The maximum atomic E-state index is 13.1. The highest BCUT2D eigenvalue weighted by molar-refractivity contribution is 6.09. The maximum Gasteiger partial charge on any atom is 0.260 e. The zero-order valence-corrected chi connectivity index (χ0v) is 18.9. The van der Waals surface area contributed by atoms with Gasteiger partial charge in [-0.3, -0.25) is 14.2 Å². The van der Waals surface area contributed by atoms with Crippen LogP contribution in [0.25, 0.3) is 10.8 Å². The van der Waals surface area contributed by atoms with E-state index in [1.807, 2.05) is 30.3 Å². The molecule has 1 amide bonds. The fourth-order valence-corrected chi connectivity index (χ4v) is 4.73. The molecular weight excluding hydrogens is 400 g/mol. The van der Waals surface area contributed by atoms with Crippen LogP contribution in [0.2, 0.25) is 0 Å². The summed E-state index contributed by atoms with van der Waals surface area (Å²) in [6, 6.07) is 14.8. The van der Waals surface area contributed by atoms with Gasteiger partial charge in [-0.05, 0) is 61.1 Å². The van der Waals surface area contributed by atoms with Gasteiger partial charge in [0.1, 0.15) is 6.23 Å². The van der Waals surface area contributed by atoms with Crippen LogP contribution in [-0.4, -0.2) is 15.6 Å². The van der Waals surface area contributed by atoms with Crippen LogP contribution in [0.5, 0.6) is 0 Å². The molecule has 1 aromatic heterocycles. The molecular formula is C27H32N2O3. The summed E-state index contributed by atoms with van der Waals surface area (Å²) < 4.78 is 1.44. The Morgan fingerprint density at radius 1 is 1.03 bits per heavy atom. The van der Waals surface area contributed by atoms with Gasteiger partial charge >= 0.3 is 0 Å². The summed E-state index contributed by atoms with van der Waals surface area (Å²) in [5.74, 6) is 0.464. The van der Waals surface area contributed by atoms with Crippen LogP contribution >= 0.6 is 0 Å². The number of hydrogen-bond acceptors (Lipinski definition) is 3. The molecule has 168 valence electrons. The lowest BCUT2D eigenvalue weighted by atomic mass is 9.88. The van der Waals surface area contributed by atoms with Gasteiger partial charge in [-0.15, -0.1) is 0 Å². The van der Waals surface area contributed by atoms with Gasteiger partial charge in [0.2, 0.25) is 0 Å². The molecule has 0 bridgehead atoms. The summed E-state index contributed by atoms with van der Waals surface area (Å²) in [7, 11) is 0. The lowest BCUT2D eigenvalue weighted by molar-refractivity contribution is 0.0210. The molecule has 4 rings (SSSR count). The quantitative estimate of drug-likeness (QED) is 0.538. The van der Waals surface area contributed by atoms with Crippen molar-refractivity contribution in [2.45, 2.75) is 58.6 Å². The molecule has 32 heavy (non-hydrogen) atoms. The topological polar surface area (TPSA) is 71.3 Å². The number of benzene rings is 2. The molecule has 5 heteroatoms. The van der Waals surface area contributed by atoms with E-state index in [9.17, 15) is 14.7 Å². The third-order valence-corrected chi connectivity index (χ3v) is 6.44. The second-order valence-corrected chi connectivity index (χ2v) is 9.36. The first-order valence-corrected chi connectivity index (χ1v) is 11.7. The van der Waals surface area contributed by atoms with Crippen molar-refractivity contribution in [1.82, 2.24) is 4.57 Å². The molecule has 3 aromatic rings. The van der Waals surface area contributed by atoms with E-state index in [0.29, 0.717) is 27.9 Å². The van der Waals surface area contributed by atoms with Crippen LogP contribution < -0.4 is 10.9 Å². The number of pyridine rings is 1. The summed E-state index contributed by atoms with van der Waals surface area (Å²) >= 11 is 0. The largest absolute Gasteiger partial charge is 0.373 e. The van der Waals surface area contributed by atoms with Gasteiger partial charge in [0.05, 0.1) is 0 Å². The van der Waals surface area contributed by atoms with Gasteiger partial charge in [-0.25, -0.2) is 0 Å². The van der Waals surface area contributed by atoms with E-state index in [-0.39, 0.29) is 17.4 Å². The Morgan fingerprint density at radius 3 is 2.44 bits per heavy atom. The van der Waals surface area contributed by atoms with Crippen molar-refractivity contribution >= 4 is 22.4 Å². The SMILES string of the molecule is CC(C)Cc1ccc(C(=O)Nc2cccc3c(=O)n(C(O)C4CCCCC4)ccc23)cc1. The Morgan fingerprint density at radius 2 is 1.75 bits per heavy atom. The van der Waals surface area contributed by atoms with Crippen LogP contribution in [0.1, 0.15) is 68.1 Å². The van der Waals surface area contributed by atoms with Crippen LogP contribution in [0, 0.1) is 11.8 Å². The van der Waals surface area contributed by atoms with E-state index in [1.54, 1.807) is 24.4 Å². The molecule has 0 aliphatic heterocycles. The average molecular weight is 433 g/mol. The molecule has 0 radical (unpaired) electrons. The first-order chi connectivity index (χ1) is 15.4. The van der Waals surface area contributed by atoms with Crippen molar-refractivity contribution in [3.63, 3.8) is 0 Å². The first-order valence-electron chi connectivity index (χ1n) is 11.7. The molecule has 1 atom stereocenters. The van der Waals surface area contributed by atoms with Gasteiger partial charge < -0.3 is 10.4 Å². The summed E-state index contributed by atoms with van der Waals surface area (Å²) in [6.07, 6.45) is 7.09. The molecule has 2 aromatic carbocycles. The second kappa shape index (κ2) is 9.70. The lowest BCUT2D eigenvalue weighted by Gasteiger charge is -2.28. The molecule has 5 nitrogen and oxygen atoms in total. The monoisotopic (exact) mass is 432 g/mol. The van der Waals surface area contributed by atoms with E-state index < -0.39 is 6.23 Å². The summed E-state index contributed by atoms with van der Waals surface area (Å²) in [5.41, 5.74) is 2.15. The van der Waals surface area contributed by atoms with E-state index in [0.717, 1.165) is 32.1 Å². The number of aliphatic hydroxyl groups is 1. The fraction of sp³-hybridized carbons (Fsp3) is 0.407. The predicted octanol–water partition coefficient (Wildman–Crippen LogP) is 5.52. The van der Waals surface area contributed by atoms with E-state index in [4.69, 9.17) is 0 Å². The highest BCUT2D eigenvalue weighted by atomic mass is 16.3. The van der Waals surface area contributed by atoms with Crippen LogP contribution in [0.4, 0.5) is 5.69 Å². The van der Waals surface area contributed by atoms with Crippen molar-refractivity contribution in [3.8, 4) is 0 Å². The molecule has 1 fully saturated rings. The zero-order valence-electron chi connectivity index (χ0n) is 18.9. The average Bonchev–Trinajstić information content (AvgIpc) is 2.80. The molecule has 0 spiro atoms. The van der Waals surface area contributed by atoms with Crippen molar-refractivity contribution in [3.05, 3.63) is 76.2 Å². The lowest BCUT2D eigenvalue weighted by Crippen LogP contribution is -2.30. The molecule has 1 unspecified atom stereocenters. The predicted molar refractivity (Wildman–Crippen MR) is 129 cm³/mol. The van der Waals surface area contributed by atoms with Gasteiger partial charge in [0, 0.05) is 34.1 Å². The van der Waals surface area contributed by atoms with E-state index in [2.05, 4.69) is 19.2 Å². The number of aliphatic hydroxyl groups excluding tert-OH is 1. The zero-order chi connectivity index (χ0) is 22.7. The summed E-state index contributed by atoms with van der Waals surface area (Å²) in [6.45, 7) is 4.34. The van der Waals surface area contributed by atoms with Gasteiger partial charge in [0.15, 0.2) is 0 Å². The third kappa shape index (κ3) is 4.78. The highest BCUT2D eigenvalue weighted by Gasteiger charge is 2.24. The minimum absolute atomic E-state index is 0.112. The fourth-order valence-electron chi connectivity index (χ4n) is 4.73. The van der Waals surface area contributed by atoms with Crippen molar-refractivity contribution in [2.24, 2.45) is 11.8 Å².